The van der Waals surface area contributed by atoms with Crippen LogP contribution in [0.2, 0.25) is 0 Å². The Hall–Kier alpha value is -6.64. The standard InChI is InChI=1S/C48H30N2/c1-2-14-34-29-36(26-23-31(34)11-1)49-44-21-8-7-18-40(44)41-20-10-19-39(48(41)49)35-24-27-42-46(30-35)50(43-22-9-15-32-12-3-5-16-37(32)43)45-28-25-33-13-4-6-17-38(33)47(42)45/h1-30H. The molecule has 0 N–H and O–H groups in total. The van der Waals surface area contributed by atoms with E-state index in [1.807, 2.05) is 0 Å². The summed E-state index contributed by atoms with van der Waals surface area (Å²) in [5.74, 6) is 0. The van der Waals surface area contributed by atoms with E-state index in [0.717, 1.165) is 0 Å². The van der Waals surface area contributed by atoms with E-state index in [1.165, 1.54) is 98.4 Å². The lowest BCUT2D eigenvalue weighted by Crippen LogP contribution is -1.97. The minimum atomic E-state index is 1.17. The number of para-hydroxylation sites is 2. The summed E-state index contributed by atoms with van der Waals surface area (Å²) in [5, 5.41) is 12.6. The lowest BCUT2D eigenvalue weighted by molar-refractivity contribution is 1.18. The van der Waals surface area contributed by atoms with Crippen molar-refractivity contribution in [3.63, 3.8) is 0 Å². The molecule has 0 aliphatic rings. The summed E-state index contributed by atoms with van der Waals surface area (Å²) in [6.07, 6.45) is 0. The van der Waals surface area contributed by atoms with Crippen LogP contribution in [-0.4, -0.2) is 9.13 Å². The molecular weight excluding hydrogens is 605 g/mol. The van der Waals surface area contributed by atoms with Gasteiger partial charge in [0.25, 0.3) is 0 Å². The minimum Gasteiger partial charge on any atom is -0.309 e. The van der Waals surface area contributed by atoms with E-state index in [1.54, 1.807) is 0 Å². The van der Waals surface area contributed by atoms with Gasteiger partial charge in [0, 0.05) is 38.2 Å². The van der Waals surface area contributed by atoms with Crippen molar-refractivity contribution in [2.24, 2.45) is 0 Å². The zero-order chi connectivity index (χ0) is 32.8. The highest BCUT2D eigenvalue weighted by atomic mass is 15.0. The van der Waals surface area contributed by atoms with Gasteiger partial charge in [-0.3, -0.25) is 0 Å². The van der Waals surface area contributed by atoms with Crippen molar-refractivity contribution in [1.82, 2.24) is 9.13 Å². The first kappa shape index (κ1) is 27.3. The highest BCUT2D eigenvalue weighted by Gasteiger charge is 2.20. The van der Waals surface area contributed by atoms with E-state index < -0.39 is 0 Å². The molecule has 2 heterocycles. The van der Waals surface area contributed by atoms with Crippen molar-refractivity contribution in [1.29, 1.82) is 0 Å². The molecule has 0 saturated heterocycles. The summed E-state index contributed by atoms with van der Waals surface area (Å²) in [6, 6.07) is 66.9. The number of hydrogen-bond acceptors (Lipinski definition) is 0. The van der Waals surface area contributed by atoms with Crippen LogP contribution in [0.3, 0.4) is 0 Å². The molecule has 11 rings (SSSR count). The van der Waals surface area contributed by atoms with E-state index in [0.29, 0.717) is 0 Å². The van der Waals surface area contributed by atoms with Gasteiger partial charge < -0.3 is 9.13 Å². The molecule has 0 unspecified atom stereocenters. The second-order valence-corrected chi connectivity index (χ2v) is 13.3. The molecule has 0 bridgehead atoms. The fraction of sp³-hybridized carbons (Fsp3) is 0. The normalized spacial score (nSPS) is 12.0. The first-order valence-corrected chi connectivity index (χ1v) is 17.3. The van der Waals surface area contributed by atoms with Crippen LogP contribution in [0.1, 0.15) is 0 Å². The molecule has 9 aromatic carbocycles. The molecule has 0 fully saturated rings. The van der Waals surface area contributed by atoms with Crippen molar-refractivity contribution < 1.29 is 0 Å². The van der Waals surface area contributed by atoms with Crippen LogP contribution in [0, 0.1) is 0 Å². The number of nitrogens with zero attached hydrogens (tertiary/aromatic N) is 2. The maximum atomic E-state index is 2.49. The average Bonchev–Trinajstić information content (AvgIpc) is 3.70. The summed E-state index contributed by atoms with van der Waals surface area (Å²) >= 11 is 0. The van der Waals surface area contributed by atoms with Crippen molar-refractivity contribution in [2.75, 3.05) is 0 Å². The quantitative estimate of drug-likeness (QED) is 0.183. The van der Waals surface area contributed by atoms with Crippen LogP contribution in [0.15, 0.2) is 182 Å². The molecule has 0 spiro atoms. The van der Waals surface area contributed by atoms with Gasteiger partial charge >= 0.3 is 0 Å². The molecule has 0 atom stereocenters. The maximum absolute atomic E-state index is 2.49. The minimum absolute atomic E-state index is 1.17. The van der Waals surface area contributed by atoms with Crippen LogP contribution in [0.25, 0.3) is 98.4 Å². The van der Waals surface area contributed by atoms with Gasteiger partial charge in [-0.05, 0) is 68.9 Å². The van der Waals surface area contributed by atoms with E-state index in [9.17, 15) is 0 Å². The summed E-state index contributed by atoms with van der Waals surface area (Å²) in [4.78, 5) is 0. The van der Waals surface area contributed by atoms with Crippen LogP contribution >= 0.6 is 0 Å². The molecule has 2 heteroatoms. The fourth-order valence-corrected chi connectivity index (χ4v) is 8.45. The molecule has 0 radical (unpaired) electrons. The number of fused-ring (bicyclic) bond motifs is 10. The van der Waals surface area contributed by atoms with Crippen LogP contribution in [0.5, 0.6) is 0 Å². The fourth-order valence-electron chi connectivity index (χ4n) is 8.45. The van der Waals surface area contributed by atoms with Crippen molar-refractivity contribution in [2.45, 2.75) is 0 Å². The number of benzene rings is 9. The molecule has 11 aromatic rings. The predicted molar refractivity (Wildman–Crippen MR) is 213 cm³/mol. The third-order valence-electron chi connectivity index (χ3n) is 10.7. The molecule has 0 amide bonds. The number of aromatic nitrogens is 2. The number of rotatable bonds is 3. The Morgan fingerprint density at radius 3 is 1.86 bits per heavy atom. The van der Waals surface area contributed by atoms with Crippen molar-refractivity contribution >= 4 is 75.9 Å². The van der Waals surface area contributed by atoms with Gasteiger partial charge in [0.2, 0.25) is 0 Å². The first-order chi connectivity index (χ1) is 24.8. The second-order valence-electron chi connectivity index (χ2n) is 13.3. The van der Waals surface area contributed by atoms with Gasteiger partial charge in [-0.25, -0.2) is 0 Å². The monoisotopic (exact) mass is 634 g/mol. The highest BCUT2D eigenvalue weighted by Crippen LogP contribution is 2.43. The number of hydrogen-bond donors (Lipinski definition) is 0. The molecule has 0 saturated carbocycles. The lowest BCUT2D eigenvalue weighted by Gasteiger charge is -2.14. The summed E-state index contributed by atoms with van der Waals surface area (Å²) in [6.45, 7) is 0. The molecule has 50 heavy (non-hydrogen) atoms. The Bertz CT molecular complexity index is 3150. The van der Waals surface area contributed by atoms with Crippen molar-refractivity contribution in [3.05, 3.63) is 182 Å². The zero-order valence-electron chi connectivity index (χ0n) is 27.2. The molecule has 2 nitrogen and oxygen atoms in total. The zero-order valence-corrected chi connectivity index (χ0v) is 27.2. The Balaban J connectivity index is 1.26. The van der Waals surface area contributed by atoms with Crippen LogP contribution in [0.4, 0.5) is 0 Å². The van der Waals surface area contributed by atoms with Crippen molar-refractivity contribution in [3.8, 4) is 22.5 Å². The predicted octanol–water partition coefficient (Wildman–Crippen LogP) is 13.0. The topological polar surface area (TPSA) is 9.86 Å². The average molecular weight is 635 g/mol. The molecule has 2 aromatic heterocycles. The van der Waals surface area contributed by atoms with Gasteiger partial charge in [0.05, 0.1) is 27.8 Å². The van der Waals surface area contributed by atoms with Crippen LogP contribution in [-0.2, 0) is 0 Å². The van der Waals surface area contributed by atoms with Gasteiger partial charge in [0.1, 0.15) is 0 Å². The summed E-state index contributed by atoms with van der Waals surface area (Å²) in [5.41, 5.74) is 9.63. The van der Waals surface area contributed by atoms with E-state index >= 15 is 0 Å². The Kier molecular flexibility index (Phi) is 5.70. The van der Waals surface area contributed by atoms with Gasteiger partial charge in [-0.15, -0.1) is 0 Å². The highest BCUT2D eigenvalue weighted by molar-refractivity contribution is 6.22. The smallest absolute Gasteiger partial charge is 0.0619 e. The van der Waals surface area contributed by atoms with Gasteiger partial charge in [-0.2, -0.15) is 0 Å². The third-order valence-corrected chi connectivity index (χ3v) is 10.7. The van der Waals surface area contributed by atoms with Gasteiger partial charge in [-0.1, -0.05) is 146 Å². The maximum Gasteiger partial charge on any atom is 0.0619 e. The third kappa shape index (κ3) is 3.85. The second kappa shape index (κ2) is 10.4. The molecule has 0 aliphatic heterocycles. The molecule has 0 aliphatic carbocycles. The van der Waals surface area contributed by atoms with E-state index in [-0.39, 0.29) is 0 Å². The largest absolute Gasteiger partial charge is 0.309 e. The van der Waals surface area contributed by atoms with Crippen LogP contribution < -0.4 is 0 Å². The Labute approximate surface area is 288 Å². The Morgan fingerprint density at radius 1 is 0.320 bits per heavy atom. The van der Waals surface area contributed by atoms with E-state index in [4.69, 9.17) is 0 Å². The van der Waals surface area contributed by atoms with Gasteiger partial charge in [0.15, 0.2) is 0 Å². The summed E-state index contributed by atoms with van der Waals surface area (Å²) < 4.78 is 4.95. The van der Waals surface area contributed by atoms with E-state index in [2.05, 4.69) is 191 Å². The molecule has 232 valence electrons. The molecular formula is C48H30N2. The lowest BCUT2D eigenvalue weighted by atomic mass is 9.99. The SMILES string of the molecule is c1ccc2cc(-n3c4ccccc4c4cccc(-c5ccc6c7c8ccccc8ccc7n(-c7cccc8ccccc78)c6c5)c43)ccc2c1. The Morgan fingerprint density at radius 2 is 0.980 bits per heavy atom. The summed E-state index contributed by atoms with van der Waals surface area (Å²) in [7, 11) is 0. The first-order valence-electron chi connectivity index (χ1n) is 17.3.